The molecule has 0 radical (unpaired) electrons. The number of hydrogen-bond donors (Lipinski definition) is 2. The normalized spacial score (nSPS) is 10.1. The zero-order valence-corrected chi connectivity index (χ0v) is 14.1. The Bertz CT molecular complexity index is 766. The Hall–Kier alpha value is -3.16. The summed E-state index contributed by atoms with van der Waals surface area (Å²) in [5, 5.41) is 5.14. The number of rotatable bonds is 7. The lowest BCUT2D eigenvalue weighted by Gasteiger charge is -2.09. The van der Waals surface area contributed by atoms with Gasteiger partial charge in [0, 0.05) is 11.8 Å². The largest absolute Gasteiger partial charge is 0.492 e. The predicted molar refractivity (Wildman–Crippen MR) is 91.3 cm³/mol. The van der Waals surface area contributed by atoms with Gasteiger partial charge in [-0.3, -0.25) is 0 Å². The molecule has 0 aliphatic carbocycles. The molecule has 0 spiro atoms. The second-order valence-corrected chi connectivity index (χ2v) is 5.10. The molecule has 2 aromatic carbocycles. The Morgan fingerprint density at radius 3 is 2.42 bits per heavy atom. The fraction of sp³-hybridized carbons (Fsp3) is 0.222. The summed E-state index contributed by atoms with van der Waals surface area (Å²) in [6, 6.07) is 8.95. The van der Waals surface area contributed by atoms with Gasteiger partial charge in [-0.1, -0.05) is 0 Å². The molecule has 0 saturated heterocycles. The minimum absolute atomic E-state index is 0.0836. The molecule has 0 aromatic heterocycles. The van der Waals surface area contributed by atoms with E-state index in [4.69, 9.17) is 9.47 Å². The van der Waals surface area contributed by atoms with E-state index in [1.807, 2.05) is 0 Å². The molecule has 2 amide bonds. The van der Waals surface area contributed by atoms with Gasteiger partial charge in [-0.2, -0.15) is 0 Å². The van der Waals surface area contributed by atoms with Gasteiger partial charge in [0.25, 0.3) is 0 Å². The van der Waals surface area contributed by atoms with E-state index in [1.54, 1.807) is 31.2 Å². The van der Waals surface area contributed by atoms with Crippen LogP contribution in [0.3, 0.4) is 0 Å². The van der Waals surface area contributed by atoms with Crippen LogP contribution in [0, 0.1) is 11.6 Å². The fourth-order valence-corrected chi connectivity index (χ4v) is 1.98. The third kappa shape index (κ3) is 5.73. The van der Waals surface area contributed by atoms with E-state index in [-0.39, 0.29) is 25.5 Å². The van der Waals surface area contributed by atoms with Crippen LogP contribution in [-0.2, 0) is 4.74 Å². The molecule has 0 heterocycles. The molecule has 0 bridgehead atoms. The average molecular weight is 364 g/mol. The van der Waals surface area contributed by atoms with Gasteiger partial charge in [0.05, 0.1) is 18.7 Å². The van der Waals surface area contributed by atoms with Crippen LogP contribution >= 0.6 is 0 Å². The number of nitrogens with one attached hydrogen (secondary N) is 2. The summed E-state index contributed by atoms with van der Waals surface area (Å²) < 4.78 is 35.9. The monoisotopic (exact) mass is 364 g/mol. The average Bonchev–Trinajstić information content (AvgIpc) is 2.62. The van der Waals surface area contributed by atoms with Gasteiger partial charge in [-0.05, 0) is 43.3 Å². The van der Waals surface area contributed by atoms with Gasteiger partial charge in [-0.15, -0.1) is 0 Å². The van der Waals surface area contributed by atoms with Gasteiger partial charge >= 0.3 is 12.0 Å². The van der Waals surface area contributed by atoms with Crippen molar-refractivity contribution in [1.29, 1.82) is 0 Å². The number of anilines is 1. The highest BCUT2D eigenvalue weighted by Crippen LogP contribution is 2.15. The minimum Gasteiger partial charge on any atom is -0.492 e. The summed E-state index contributed by atoms with van der Waals surface area (Å²) in [5.41, 5.74) is 0.884. The summed E-state index contributed by atoms with van der Waals surface area (Å²) in [6.45, 7) is 2.24. The number of esters is 1. The molecule has 0 aliphatic heterocycles. The number of halogens is 2. The van der Waals surface area contributed by atoms with E-state index in [9.17, 15) is 18.4 Å². The van der Waals surface area contributed by atoms with Crippen molar-refractivity contribution in [2.45, 2.75) is 6.92 Å². The molecule has 26 heavy (non-hydrogen) atoms. The zero-order chi connectivity index (χ0) is 18.9. The summed E-state index contributed by atoms with van der Waals surface area (Å²) in [7, 11) is 0. The number of urea groups is 1. The molecule has 0 unspecified atom stereocenters. The Balaban J connectivity index is 1.73. The first-order valence-electron chi connectivity index (χ1n) is 7.89. The van der Waals surface area contributed by atoms with Crippen LogP contribution in [0.2, 0.25) is 0 Å². The quantitative estimate of drug-likeness (QED) is 0.584. The maximum atomic E-state index is 13.0. The van der Waals surface area contributed by atoms with E-state index in [2.05, 4.69) is 10.6 Å². The van der Waals surface area contributed by atoms with Gasteiger partial charge in [0.2, 0.25) is 0 Å². The molecule has 0 aliphatic rings. The van der Waals surface area contributed by atoms with Crippen molar-refractivity contribution >= 4 is 17.7 Å². The third-order valence-corrected chi connectivity index (χ3v) is 3.20. The Morgan fingerprint density at radius 1 is 1.04 bits per heavy atom. The standard InChI is InChI=1S/C18H18F2N2O4/c1-2-25-17(23)12-3-5-13(6-4-12)22-18(24)21-9-10-26-14-7-8-15(19)16(20)11-14/h3-8,11H,2,9-10H2,1H3,(H2,21,22,24). The first kappa shape index (κ1) is 19.2. The lowest BCUT2D eigenvalue weighted by Crippen LogP contribution is -2.32. The summed E-state index contributed by atoms with van der Waals surface area (Å²) in [5.74, 6) is -2.22. The number of carbonyl (C=O) groups is 2. The van der Waals surface area contributed by atoms with Crippen molar-refractivity contribution in [3.05, 3.63) is 59.7 Å². The van der Waals surface area contributed by atoms with Crippen molar-refractivity contribution in [3.8, 4) is 5.75 Å². The first-order chi connectivity index (χ1) is 12.5. The van der Waals surface area contributed by atoms with Crippen LogP contribution in [0.15, 0.2) is 42.5 Å². The van der Waals surface area contributed by atoms with E-state index in [0.29, 0.717) is 11.3 Å². The number of carbonyl (C=O) groups excluding carboxylic acids is 2. The van der Waals surface area contributed by atoms with E-state index in [0.717, 1.165) is 12.1 Å². The van der Waals surface area contributed by atoms with Crippen molar-refractivity contribution < 1.29 is 27.8 Å². The van der Waals surface area contributed by atoms with Crippen LogP contribution in [0.1, 0.15) is 17.3 Å². The molecule has 2 N–H and O–H groups in total. The molecule has 0 fully saturated rings. The molecular weight excluding hydrogens is 346 g/mol. The Kier molecular flexibility index (Phi) is 6.90. The molecule has 138 valence electrons. The molecule has 2 aromatic rings. The second kappa shape index (κ2) is 9.36. The van der Waals surface area contributed by atoms with Crippen LogP contribution < -0.4 is 15.4 Å². The molecule has 0 atom stereocenters. The second-order valence-electron chi connectivity index (χ2n) is 5.10. The maximum absolute atomic E-state index is 13.0. The summed E-state index contributed by atoms with van der Waals surface area (Å²) in [6.07, 6.45) is 0. The molecule has 2 rings (SSSR count). The highest BCUT2D eigenvalue weighted by atomic mass is 19.2. The molecule has 8 heteroatoms. The van der Waals surface area contributed by atoms with Gasteiger partial charge in [0.15, 0.2) is 11.6 Å². The Labute approximate surface area is 149 Å². The zero-order valence-electron chi connectivity index (χ0n) is 14.1. The SMILES string of the molecule is CCOC(=O)c1ccc(NC(=O)NCCOc2ccc(F)c(F)c2)cc1. The summed E-state index contributed by atoms with van der Waals surface area (Å²) >= 11 is 0. The molecule has 6 nitrogen and oxygen atoms in total. The van der Waals surface area contributed by atoms with E-state index < -0.39 is 23.6 Å². The van der Waals surface area contributed by atoms with Crippen LogP contribution in [0.25, 0.3) is 0 Å². The molecule has 0 saturated carbocycles. The fourth-order valence-electron chi connectivity index (χ4n) is 1.98. The smallest absolute Gasteiger partial charge is 0.338 e. The van der Waals surface area contributed by atoms with Gasteiger partial charge < -0.3 is 20.1 Å². The molecular formula is C18H18F2N2O4. The summed E-state index contributed by atoms with van der Waals surface area (Å²) in [4.78, 5) is 23.3. The van der Waals surface area contributed by atoms with Crippen molar-refractivity contribution in [3.63, 3.8) is 0 Å². The van der Waals surface area contributed by atoms with Crippen molar-refractivity contribution in [2.24, 2.45) is 0 Å². The van der Waals surface area contributed by atoms with E-state index >= 15 is 0 Å². The van der Waals surface area contributed by atoms with Crippen molar-refractivity contribution in [1.82, 2.24) is 5.32 Å². The lowest BCUT2D eigenvalue weighted by atomic mass is 10.2. The maximum Gasteiger partial charge on any atom is 0.338 e. The highest BCUT2D eigenvalue weighted by molar-refractivity contribution is 5.92. The Morgan fingerprint density at radius 2 is 1.77 bits per heavy atom. The van der Waals surface area contributed by atoms with Crippen LogP contribution in [0.5, 0.6) is 5.75 Å². The third-order valence-electron chi connectivity index (χ3n) is 3.20. The predicted octanol–water partition coefficient (Wildman–Crippen LogP) is 3.34. The number of ether oxygens (including phenoxy) is 2. The minimum atomic E-state index is -1.00. The number of amides is 2. The van der Waals surface area contributed by atoms with Crippen LogP contribution in [-0.4, -0.2) is 31.8 Å². The van der Waals surface area contributed by atoms with Crippen LogP contribution in [0.4, 0.5) is 19.3 Å². The highest BCUT2D eigenvalue weighted by Gasteiger charge is 2.07. The van der Waals surface area contributed by atoms with Crippen molar-refractivity contribution in [2.75, 3.05) is 25.1 Å². The van der Waals surface area contributed by atoms with Gasteiger partial charge in [-0.25, -0.2) is 18.4 Å². The number of hydrogen-bond acceptors (Lipinski definition) is 4. The number of benzene rings is 2. The first-order valence-corrected chi connectivity index (χ1v) is 7.89. The lowest BCUT2D eigenvalue weighted by molar-refractivity contribution is 0.0526. The van der Waals surface area contributed by atoms with Gasteiger partial charge in [0.1, 0.15) is 12.4 Å². The topological polar surface area (TPSA) is 76.7 Å². The van der Waals surface area contributed by atoms with E-state index in [1.165, 1.54) is 6.07 Å².